The van der Waals surface area contributed by atoms with Crippen LogP contribution in [0.25, 0.3) is 16.8 Å². The second-order valence-corrected chi connectivity index (χ2v) is 10.3. The molecule has 2 aliphatic heterocycles. The largest absolute Gasteiger partial charge is 0.494 e. The van der Waals surface area contributed by atoms with Gasteiger partial charge < -0.3 is 14.5 Å². The lowest BCUT2D eigenvalue weighted by Gasteiger charge is -2.36. The molecule has 34 heavy (non-hydrogen) atoms. The quantitative estimate of drug-likeness (QED) is 0.469. The molecule has 2 fully saturated rings. The van der Waals surface area contributed by atoms with E-state index in [1.807, 2.05) is 40.8 Å². The zero-order valence-corrected chi connectivity index (χ0v) is 20.7. The van der Waals surface area contributed by atoms with Crippen molar-refractivity contribution in [3.05, 3.63) is 42.7 Å². The smallest absolute Gasteiger partial charge is 0.225 e. The lowest BCUT2D eigenvalue weighted by atomic mass is 9.95. The van der Waals surface area contributed by atoms with E-state index in [2.05, 4.69) is 34.9 Å². The van der Waals surface area contributed by atoms with E-state index in [9.17, 15) is 4.79 Å². The van der Waals surface area contributed by atoms with E-state index in [4.69, 9.17) is 14.8 Å². The van der Waals surface area contributed by atoms with Crippen LogP contribution in [0.2, 0.25) is 0 Å². The van der Waals surface area contributed by atoms with Gasteiger partial charge in [0.1, 0.15) is 11.3 Å². The van der Waals surface area contributed by atoms with E-state index in [1.54, 1.807) is 0 Å². The Kier molecular flexibility index (Phi) is 7.23. The van der Waals surface area contributed by atoms with Gasteiger partial charge in [0.25, 0.3) is 0 Å². The number of carbonyl (C=O) groups is 1. The first-order valence-electron chi connectivity index (χ1n) is 12.4. The predicted molar refractivity (Wildman–Crippen MR) is 138 cm³/mol. The molecule has 1 amide bonds. The summed E-state index contributed by atoms with van der Waals surface area (Å²) in [6.07, 6.45) is 7.66. The maximum absolute atomic E-state index is 12.9. The highest BCUT2D eigenvalue weighted by Crippen LogP contribution is 2.30. The van der Waals surface area contributed by atoms with Gasteiger partial charge in [-0.25, -0.2) is 9.50 Å². The summed E-state index contributed by atoms with van der Waals surface area (Å²) in [5, 5.41) is 4.79. The molecule has 7 nitrogen and oxygen atoms in total. The fourth-order valence-electron chi connectivity index (χ4n) is 4.73. The number of benzene rings is 1. The van der Waals surface area contributed by atoms with Crippen LogP contribution in [0.5, 0.6) is 5.75 Å². The average molecular weight is 480 g/mol. The molecule has 3 aromatic rings. The van der Waals surface area contributed by atoms with Crippen molar-refractivity contribution >= 4 is 29.0 Å². The van der Waals surface area contributed by atoms with Crippen LogP contribution in [-0.2, 0) is 4.79 Å². The molecule has 4 heterocycles. The van der Waals surface area contributed by atoms with Crippen molar-refractivity contribution in [1.29, 1.82) is 0 Å². The number of fused-ring (bicyclic) bond motifs is 1. The SMILES string of the molecule is CCCCOc1ccc(-c2cc3c(N4CCC(C(=O)N5CCSCC5)CC4)nccn3n2)cc1. The molecule has 1 aromatic carbocycles. The monoisotopic (exact) mass is 479 g/mol. The summed E-state index contributed by atoms with van der Waals surface area (Å²) in [6, 6.07) is 10.3. The molecule has 0 bridgehead atoms. The summed E-state index contributed by atoms with van der Waals surface area (Å²) >= 11 is 1.94. The minimum absolute atomic E-state index is 0.137. The Bertz CT molecular complexity index is 1100. The molecular formula is C26H33N5O2S. The van der Waals surface area contributed by atoms with Crippen LogP contribution in [-0.4, -0.2) is 69.7 Å². The maximum atomic E-state index is 12.9. The fourth-order valence-corrected chi connectivity index (χ4v) is 5.63. The molecule has 2 saturated heterocycles. The van der Waals surface area contributed by atoms with Crippen molar-refractivity contribution in [2.45, 2.75) is 32.6 Å². The van der Waals surface area contributed by atoms with Gasteiger partial charge in [0, 0.05) is 61.6 Å². The predicted octanol–water partition coefficient (Wildman–Crippen LogP) is 4.37. The molecular weight excluding hydrogens is 446 g/mol. The number of nitrogens with zero attached hydrogens (tertiary/aromatic N) is 5. The highest BCUT2D eigenvalue weighted by molar-refractivity contribution is 7.99. The molecule has 0 N–H and O–H groups in total. The zero-order chi connectivity index (χ0) is 23.3. The number of ether oxygens (including phenoxy) is 1. The third-order valence-corrected chi connectivity index (χ3v) is 7.70. The molecule has 2 aromatic heterocycles. The first-order chi connectivity index (χ1) is 16.7. The van der Waals surface area contributed by atoms with Gasteiger partial charge >= 0.3 is 0 Å². The Hall–Kier alpha value is -2.74. The molecule has 0 radical (unpaired) electrons. The van der Waals surface area contributed by atoms with Gasteiger partial charge in [-0.1, -0.05) is 13.3 Å². The molecule has 8 heteroatoms. The maximum Gasteiger partial charge on any atom is 0.225 e. The van der Waals surface area contributed by atoms with Crippen LogP contribution < -0.4 is 9.64 Å². The zero-order valence-electron chi connectivity index (χ0n) is 19.9. The second-order valence-electron chi connectivity index (χ2n) is 9.04. The Morgan fingerprint density at radius 3 is 2.62 bits per heavy atom. The standard InChI is InChI=1S/C26H33N5O2S/c1-2-3-16-33-22-6-4-20(5-7-22)23-19-24-25(27-10-13-31(24)28-23)29-11-8-21(9-12-29)26(32)30-14-17-34-18-15-30/h4-7,10,13,19,21H,2-3,8-9,11-12,14-18H2,1H3. The summed E-state index contributed by atoms with van der Waals surface area (Å²) in [6.45, 7) is 6.39. The van der Waals surface area contributed by atoms with Gasteiger partial charge in [-0.3, -0.25) is 4.79 Å². The summed E-state index contributed by atoms with van der Waals surface area (Å²) in [5.74, 6) is 4.45. The van der Waals surface area contributed by atoms with E-state index in [0.29, 0.717) is 5.91 Å². The lowest BCUT2D eigenvalue weighted by Crippen LogP contribution is -2.45. The lowest BCUT2D eigenvalue weighted by molar-refractivity contribution is -0.135. The summed E-state index contributed by atoms with van der Waals surface area (Å²) in [7, 11) is 0. The Morgan fingerprint density at radius 2 is 1.88 bits per heavy atom. The number of amides is 1. The first kappa shape index (κ1) is 23.0. The number of aromatic nitrogens is 3. The van der Waals surface area contributed by atoms with Gasteiger partial charge in [-0.05, 0) is 49.6 Å². The number of carbonyl (C=O) groups excluding carboxylic acids is 1. The molecule has 0 spiro atoms. The van der Waals surface area contributed by atoms with Crippen molar-refractivity contribution in [1.82, 2.24) is 19.5 Å². The minimum atomic E-state index is 0.137. The number of anilines is 1. The molecule has 0 aliphatic carbocycles. The van der Waals surface area contributed by atoms with Gasteiger partial charge in [-0.2, -0.15) is 16.9 Å². The fraction of sp³-hybridized carbons (Fsp3) is 0.500. The summed E-state index contributed by atoms with van der Waals surface area (Å²) in [4.78, 5) is 22.0. The number of hydrogen-bond donors (Lipinski definition) is 0. The van der Waals surface area contributed by atoms with Crippen molar-refractivity contribution in [3.63, 3.8) is 0 Å². The number of rotatable bonds is 7. The van der Waals surface area contributed by atoms with Gasteiger partial charge in [-0.15, -0.1) is 0 Å². The van der Waals surface area contributed by atoms with Crippen LogP contribution in [0.15, 0.2) is 42.7 Å². The minimum Gasteiger partial charge on any atom is -0.494 e. The van der Waals surface area contributed by atoms with Crippen molar-refractivity contribution in [2.24, 2.45) is 5.92 Å². The highest BCUT2D eigenvalue weighted by Gasteiger charge is 2.30. The first-order valence-corrected chi connectivity index (χ1v) is 13.6. The number of thioether (sulfide) groups is 1. The third-order valence-electron chi connectivity index (χ3n) is 6.75. The third kappa shape index (κ3) is 5.02. The van der Waals surface area contributed by atoms with Crippen molar-refractivity contribution in [2.75, 3.05) is 49.2 Å². The average Bonchev–Trinajstić information content (AvgIpc) is 3.34. The molecule has 0 saturated carbocycles. The number of unbranched alkanes of at least 4 members (excludes halogenated alkanes) is 1. The van der Waals surface area contributed by atoms with Crippen LogP contribution in [0.1, 0.15) is 32.6 Å². The van der Waals surface area contributed by atoms with Crippen LogP contribution in [0.3, 0.4) is 0 Å². The molecule has 180 valence electrons. The highest BCUT2D eigenvalue weighted by atomic mass is 32.2. The Labute approximate surface area is 205 Å². The van der Waals surface area contributed by atoms with Gasteiger partial charge in [0.05, 0.1) is 12.3 Å². The molecule has 0 unspecified atom stereocenters. The van der Waals surface area contributed by atoms with E-state index >= 15 is 0 Å². The summed E-state index contributed by atoms with van der Waals surface area (Å²) < 4.78 is 7.70. The van der Waals surface area contributed by atoms with E-state index in [-0.39, 0.29) is 5.92 Å². The van der Waals surface area contributed by atoms with Crippen molar-refractivity contribution in [3.8, 4) is 17.0 Å². The number of piperidine rings is 1. The van der Waals surface area contributed by atoms with Crippen LogP contribution in [0.4, 0.5) is 5.82 Å². The Morgan fingerprint density at radius 1 is 1.12 bits per heavy atom. The van der Waals surface area contributed by atoms with E-state index < -0.39 is 0 Å². The molecule has 2 aliphatic rings. The summed E-state index contributed by atoms with van der Waals surface area (Å²) in [5.41, 5.74) is 2.97. The van der Waals surface area contributed by atoms with Gasteiger partial charge in [0.2, 0.25) is 5.91 Å². The molecule has 0 atom stereocenters. The normalized spacial score (nSPS) is 17.3. The topological polar surface area (TPSA) is 63.0 Å². The van der Waals surface area contributed by atoms with E-state index in [1.165, 1.54) is 0 Å². The van der Waals surface area contributed by atoms with Crippen molar-refractivity contribution < 1.29 is 9.53 Å². The van der Waals surface area contributed by atoms with Crippen LogP contribution in [0, 0.1) is 5.92 Å². The Balaban J connectivity index is 1.27. The molecule has 5 rings (SSSR count). The van der Waals surface area contributed by atoms with Crippen LogP contribution >= 0.6 is 11.8 Å². The van der Waals surface area contributed by atoms with E-state index in [0.717, 1.165) is 98.3 Å². The second kappa shape index (κ2) is 10.7. The number of hydrogen-bond acceptors (Lipinski definition) is 6. The van der Waals surface area contributed by atoms with Gasteiger partial charge in [0.15, 0.2) is 5.82 Å².